The summed E-state index contributed by atoms with van der Waals surface area (Å²) in [7, 11) is 0. The van der Waals surface area contributed by atoms with Crippen LogP contribution in [0.25, 0.3) is 0 Å². The van der Waals surface area contributed by atoms with Crippen LogP contribution in [0.4, 0.5) is 4.79 Å². The number of carbonyl (C=O) groups excluding carboxylic acids is 1. The van der Waals surface area contributed by atoms with Crippen molar-refractivity contribution in [2.75, 3.05) is 19.8 Å². The molecule has 0 radical (unpaired) electrons. The Bertz CT molecular complexity index is 1300. The molecule has 0 aliphatic heterocycles. The number of nitrogens with zero attached hydrogens (tertiary/aromatic N) is 1. The molecule has 1 atom stereocenters. The first kappa shape index (κ1) is 38.7. The number of amides is 1. The molecular weight excluding hydrogens is 624 g/mol. The van der Waals surface area contributed by atoms with Crippen LogP contribution >= 0.6 is 0 Å². The molecule has 7 nitrogen and oxygen atoms in total. The Labute approximate surface area is 300 Å². The van der Waals surface area contributed by atoms with E-state index in [0.29, 0.717) is 12.4 Å². The van der Waals surface area contributed by atoms with Crippen LogP contribution < -0.4 is 10.1 Å². The highest BCUT2D eigenvalue weighted by molar-refractivity contribution is 5.67. The summed E-state index contributed by atoms with van der Waals surface area (Å²) in [4.78, 5) is 12.7. The number of carbonyl (C=O) groups is 1. The molecule has 1 N–H and O–H groups in total. The van der Waals surface area contributed by atoms with E-state index in [4.69, 9.17) is 18.7 Å². The molecule has 50 heavy (non-hydrogen) atoms. The Kier molecular flexibility index (Phi) is 18.1. The fraction of sp³-hybridized carbons (Fsp3) is 0.488. The first-order chi connectivity index (χ1) is 24.7. The lowest BCUT2D eigenvalue weighted by Gasteiger charge is -2.37. The normalized spacial score (nSPS) is 12.0. The molecule has 0 aliphatic carbocycles. The summed E-state index contributed by atoms with van der Waals surface area (Å²) in [5.41, 5.74) is 1.98. The highest BCUT2D eigenvalue weighted by atomic mass is 16.6. The van der Waals surface area contributed by atoms with Crippen LogP contribution in [0.1, 0.15) is 120 Å². The molecule has 4 rings (SSSR count). The van der Waals surface area contributed by atoms with Gasteiger partial charge in [0.25, 0.3) is 5.88 Å². The van der Waals surface area contributed by atoms with E-state index in [1.807, 2.05) is 54.6 Å². The highest BCUT2D eigenvalue weighted by Crippen LogP contribution is 2.40. The third-order valence-electron chi connectivity index (χ3n) is 9.18. The third kappa shape index (κ3) is 13.3. The maximum Gasteiger partial charge on any atom is 0.407 e. The molecule has 270 valence electrons. The molecule has 3 aromatic carbocycles. The number of ether oxygens (including phenoxy) is 3. The second-order valence-electron chi connectivity index (χ2n) is 13.1. The molecule has 0 saturated heterocycles. The van der Waals surface area contributed by atoms with Gasteiger partial charge in [0.05, 0.1) is 6.61 Å². The van der Waals surface area contributed by atoms with Gasteiger partial charge in [-0.3, -0.25) is 0 Å². The van der Waals surface area contributed by atoms with Crippen molar-refractivity contribution in [3.8, 4) is 5.88 Å². The fourth-order valence-electron chi connectivity index (χ4n) is 6.44. The van der Waals surface area contributed by atoms with Gasteiger partial charge in [-0.15, -0.1) is 0 Å². The van der Waals surface area contributed by atoms with E-state index in [-0.39, 0.29) is 13.2 Å². The van der Waals surface area contributed by atoms with Crippen molar-refractivity contribution in [3.63, 3.8) is 0 Å². The van der Waals surface area contributed by atoms with Gasteiger partial charge in [0.1, 0.15) is 18.5 Å². The smallest absolute Gasteiger partial charge is 0.407 e. The van der Waals surface area contributed by atoms with E-state index < -0.39 is 17.8 Å². The number of rotatable bonds is 26. The van der Waals surface area contributed by atoms with Gasteiger partial charge in [0.2, 0.25) is 0 Å². The van der Waals surface area contributed by atoms with Crippen molar-refractivity contribution in [3.05, 3.63) is 120 Å². The van der Waals surface area contributed by atoms with Crippen LogP contribution in [0.2, 0.25) is 0 Å². The summed E-state index contributed by atoms with van der Waals surface area (Å²) < 4.78 is 23.7. The minimum atomic E-state index is -0.939. The van der Waals surface area contributed by atoms with Crippen molar-refractivity contribution < 1.29 is 23.5 Å². The molecule has 1 heterocycles. The summed E-state index contributed by atoms with van der Waals surface area (Å²) in [6, 6.07) is 32.0. The second kappa shape index (κ2) is 23.3. The van der Waals surface area contributed by atoms with Crippen molar-refractivity contribution in [1.82, 2.24) is 10.5 Å². The number of aromatic nitrogens is 1. The number of alkyl carbamates (subject to hydrolysis) is 1. The number of nitrogens with one attached hydrogen (secondary N) is 1. The third-order valence-corrected chi connectivity index (χ3v) is 9.18. The lowest BCUT2D eigenvalue weighted by atomic mass is 9.80. The lowest BCUT2D eigenvalue weighted by Crippen LogP contribution is -2.39. The summed E-state index contributed by atoms with van der Waals surface area (Å²) in [6.07, 6.45) is 19.9. The molecule has 0 bridgehead atoms. The molecule has 4 aromatic rings. The first-order valence-corrected chi connectivity index (χ1v) is 19.0. The molecule has 1 aromatic heterocycles. The monoisotopic (exact) mass is 682 g/mol. The van der Waals surface area contributed by atoms with Gasteiger partial charge >= 0.3 is 6.09 Å². The zero-order valence-corrected chi connectivity index (χ0v) is 30.1. The van der Waals surface area contributed by atoms with E-state index >= 15 is 0 Å². The van der Waals surface area contributed by atoms with Gasteiger partial charge in [-0.2, -0.15) is 0 Å². The van der Waals surface area contributed by atoms with Crippen LogP contribution in [0, 0.1) is 0 Å². The highest BCUT2D eigenvalue weighted by Gasteiger charge is 2.38. The van der Waals surface area contributed by atoms with E-state index in [1.54, 1.807) is 6.07 Å². The molecule has 7 heteroatoms. The zero-order valence-electron chi connectivity index (χ0n) is 30.1. The van der Waals surface area contributed by atoms with Crippen LogP contribution in [0.15, 0.2) is 108 Å². The molecule has 0 aliphatic rings. The number of unbranched alkanes of at least 4 members (excludes halogenated alkanes) is 14. The molecule has 0 fully saturated rings. The SMILES string of the molecule is CCCCCCCCCCCCCCCCCNC(=O)OC[C@H](COC(c1ccccc1)(c1ccccc1)c1ccccc1)Oc1ccon1. The first-order valence-electron chi connectivity index (χ1n) is 19.0. The Balaban J connectivity index is 1.22. The number of hydrogen-bond donors (Lipinski definition) is 1. The molecule has 0 spiro atoms. The van der Waals surface area contributed by atoms with Crippen LogP contribution in [0.3, 0.4) is 0 Å². The Morgan fingerprint density at radius 2 is 1.10 bits per heavy atom. The van der Waals surface area contributed by atoms with Gasteiger partial charge in [0.15, 0.2) is 6.10 Å². The topological polar surface area (TPSA) is 82.8 Å². The van der Waals surface area contributed by atoms with Gasteiger partial charge in [-0.25, -0.2) is 4.79 Å². The van der Waals surface area contributed by atoms with Gasteiger partial charge in [0, 0.05) is 12.6 Å². The number of hydrogen-bond acceptors (Lipinski definition) is 6. The minimum absolute atomic E-state index is 0.0218. The Morgan fingerprint density at radius 1 is 0.640 bits per heavy atom. The predicted molar refractivity (Wildman–Crippen MR) is 200 cm³/mol. The fourth-order valence-corrected chi connectivity index (χ4v) is 6.44. The number of benzene rings is 3. The van der Waals surface area contributed by atoms with Crippen molar-refractivity contribution in [2.45, 2.75) is 115 Å². The second-order valence-corrected chi connectivity index (χ2v) is 13.1. The van der Waals surface area contributed by atoms with E-state index in [2.05, 4.69) is 53.8 Å². The average Bonchev–Trinajstić information content (AvgIpc) is 3.68. The lowest BCUT2D eigenvalue weighted by molar-refractivity contribution is -0.0473. The van der Waals surface area contributed by atoms with Crippen molar-refractivity contribution >= 4 is 6.09 Å². The average molecular weight is 683 g/mol. The molecule has 0 unspecified atom stereocenters. The van der Waals surface area contributed by atoms with Crippen molar-refractivity contribution in [1.29, 1.82) is 0 Å². The quantitative estimate of drug-likeness (QED) is 0.0524. The Hall–Kier alpha value is -4.10. The van der Waals surface area contributed by atoms with Crippen LogP contribution in [-0.4, -0.2) is 37.1 Å². The van der Waals surface area contributed by atoms with Gasteiger partial charge in [-0.1, -0.05) is 188 Å². The summed E-state index contributed by atoms with van der Waals surface area (Å²) in [5.74, 6) is 0.296. The van der Waals surface area contributed by atoms with Crippen LogP contribution in [0.5, 0.6) is 5.88 Å². The van der Waals surface area contributed by atoms with Crippen molar-refractivity contribution in [2.24, 2.45) is 0 Å². The van der Waals surface area contributed by atoms with Gasteiger partial charge in [-0.05, 0) is 28.3 Å². The van der Waals surface area contributed by atoms with E-state index in [1.165, 1.54) is 89.7 Å². The standard InChI is InChI=1S/C43H58N2O5/c1-2-3-4-5-6-7-8-9-10-11-12-13-14-15-25-33-44-42(46)47-35-40(50-41-32-34-49-45-41)36-48-43(37-26-19-16-20-27-37,38-28-21-17-22-29-38)39-30-23-18-24-31-39/h16-24,26-32,34,40H,2-15,25,33,35-36H2,1H3,(H,44,46)/t40-/m1/s1. The maximum atomic E-state index is 12.7. The van der Waals surface area contributed by atoms with Gasteiger partial charge < -0.3 is 24.1 Å². The molecule has 1 amide bonds. The molecular formula is C43H58N2O5. The predicted octanol–water partition coefficient (Wildman–Crippen LogP) is 11.0. The maximum absolute atomic E-state index is 12.7. The summed E-state index contributed by atoms with van der Waals surface area (Å²) in [5, 5.41) is 6.82. The van der Waals surface area contributed by atoms with E-state index in [0.717, 1.165) is 29.5 Å². The zero-order chi connectivity index (χ0) is 35.0. The summed E-state index contributed by atoms with van der Waals surface area (Å²) in [6.45, 7) is 2.95. The molecule has 0 saturated carbocycles. The minimum Gasteiger partial charge on any atom is -0.466 e. The van der Waals surface area contributed by atoms with Crippen LogP contribution in [-0.2, 0) is 15.1 Å². The van der Waals surface area contributed by atoms with E-state index in [9.17, 15) is 4.79 Å². The Morgan fingerprint density at radius 3 is 1.54 bits per heavy atom. The summed E-state index contributed by atoms with van der Waals surface area (Å²) >= 11 is 0. The largest absolute Gasteiger partial charge is 0.466 e.